The third-order valence-corrected chi connectivity index (χ3v) is 2.82. The number of carboxylic acid groups (broad SMARTS) is 1. The van der Waals surface area contributed by atoms with Crippen LogP contribution >= 0.6 is 0 Å². The van der Waals surface area contributed by atoms with Crippen LogP contribution < -0.4 is 20.1 Å². The predicted octanol–water partition coefficient (Wildman–Crippen LogP) is 2.32. The van der Waals surface area contributed by atoms with Gasteiger partial charge in [0.25, 0.3) is 0 Å². The van der Waals surface area contributed by atoms with Gasteiger partial charge in [0.15, 0.2) is 11.5 Å². The predicted molar refractivity (Wildman–Crippen MR) is 78.4 cm³/mol. The van der Waals surface area contributed by atoms with Gasteiger partial charge in [-0.25, -0.2) is 9.59 Å². The van der Waals surface area contributed by atoms with Gasteiger partial charge in [-0.3, -0.25) is 0 Å². The van der Waals surface area contributed by atoms with Crippen molar-refractivity contribution in [3.8, 4) is 11.5 Å². The van der Waals surface area contributed by atoms with Crippen molar-refractivity contribution >= 4 is 17.7 Å². The fourth-order valence-electron chi connectivity index (χ4n) is 1.70. The summed E-state index contributed by atoms with van der Waals surface area (Å²) in [5, 5.41) is 14.4. The molecule has 2 amide bonds. The number of amides is 2. The summed E-state index contributed by atoms with van der Waals surface area (Å²) < 4.78 is 10.2. The van der Waals surface area contributed by atoms with Gasteiger partial charge < -0.3 is 25.2 Å². The van der Waals surface area contributed by atoms with Gasteiger partial charge in [0.2, 0.25) is 0 Å². The maximum Gasteiger partial charge on any atom is 0.337 e. The lowest BCUT2D eigenvalue weighted by Crippen LogP contribution is -2.30. The first-order valence-electron chi connectivity index (χ1n) is 6.57. The molecule has 1 rings (SSSR count). The second-order valence-electron chi connectivity index (χ2n) is 4.29. The lowest BCUT2D eigenvalue weighted by Gasteiger charge is -2.14. The first kappa shape index (κ1) is 16.6. The number of hydrogen-bond donors (Lipinski definition) is 3. The smallest absolute Gasteiger partial charge is 0.337 e. The molecule has 0 aliphatic carbocycles. The Balaban J connectivity index is 2.98. The molecule has 0 radical (unpaired) electrons. The average molecular weight is 296 g/mol. The molecular formula is C14H20N2O5. The van der Waals surface area contributed by atoms with E-state index in [0.717, 1.165) is 12.8 Å². The number of aromatic carboxylic acids is 1. The molecule has 0 saturated carbocycles. The number of unbranched alkanes of at least 4 members (excludes halogenated alkanes) is 1. The number of ether oxygens (including phenoxy) is 2. The fourth-order valence-corrected chi connectivity index (χ4v) is 1.70. The first-order chi connectivity index (χ1) is 10.0. The number of rotatable bonds is 7. The molecule has 7 nitrogen and oxygen atoms in total. The summed E-state index contributed by atoms with van der Waals surface area (Å²) in [5.41, 5.74) is 0.0763. The Labute approximate surface area is 123 Å². The largest absolute Gasteiger partial charge is 0.493 e. The summed E-state index contributed by atoms with van der Waals surface area (Å²) in [6, 6.07) is 2.27. The minimum absolute atomic E-state index is 0.0710. The third kappa shape index (κ3) is 4.55. The Kier molecular flexibility index (Phi) is 6.32. The Morgan fingerprint density at radius 1 is 1.19 bits per heavy atom. The molecule has 0 bridgehead atoms. The molecular weight excluding hydrogens is 276 g/mol. The molecule has 0 spiro atoms. The molecule has 0 aromatic heterocycles. The molecule has 1 aromatic rings. The minimum atomic E-state index is -1.17. The van der Waals surface area contributed by atoms with Crippen molar-refractivity contribution in [1.29, 1.82) is 0 Å². The van der Waals surface area contributed by atoms with Crippen LogP contribution in [-0.4, -0.2) is 37.9 Å². The zero-order valence-electron chi connectivity index (χ0n) is 12.4. The van der Waals surface area contributed by atoms with Crippen LogP contribution in [0.1, 0.15) is 30.1 Å². The number of urea groups is 1. The van der Waals surface area contributed by atoms with E-state index in [-0.39, 0.29) is 17.0 Å². The van der Waals surface area contributed by atoms with Crippen molar-refractivity contribution in [3.05, 3.63) is 17.7 Å². The van der Waals surface area contributed by atoms with E-state index in [1.165, 1.54) is 26.4 Å². The summed E-state index contributed by atoms with van der Waals surface area (Å²) in [7, 11) is 2.84. The van der Waals surface area contributed by atoms with E-state index in [1.54, 1.807) is 0 Å². The van der Waals surface area contributed by atoms with Crippen molar-refractivity contribution in [2.75, 3.05) is 26.1 Å². The lowest BCUT2D eigenvalue weighted by molar-refractivity contribution is 0.0697. The van der Waals surface area contributed by atoms with Crippen LogP contribution in [-0.2, 0) is 0 Å². The Morgan fingerprint density at radius 2 is 1.81 bits per heavy atom. The molecule has 0 fully saturated rings. The van der Waals surface area contributed by atoms with Gasteiger partial charge in [0.1, 0.15) is 0 Å². The molecule has 0 aliphatic heterocycles. The summed E-state index contributed by atoms with van der Waals surface area (Å²) in [6.45, 7) is 2.54. The molecule has 0 heterocycles. The first-order valence-corrected chi connectivity index (χ1v) is 6.57. The standard InChI is InChI=1S/C14H20N2O5/c1-4-5-6-15-14(19)16-10-8-12(21-3)11(20-2)7-9(10)13(17)18/h7-8H,4-6H2,1-3H3,(H,17,18)(H2,15,16,19). The molecule has 21 heavy (non-hydrogen) atoms. The number of methoxy groups -OCH3 is 2. The Bertz CT molecular complexity index is 516. The fraction of sp³-hybridized carbons (Fsp3) is 0.429. The van der Waals surface area contributed by atoms with Crippen molar-refractivity contribution < 1.29 is 24.2 Å². The maximum absolute atomic E-state index is 11.7. The van der Waals surface area contributed by atoms with Crippen molar-refractivity contribution in [2.24, 2.45) is 0 Å². The maximum atomic E-state index is 11.7. The van der Waals surface area contributed by atoms with Gasteiger partial charge in [0, 0.05) is 18.7 Å². The molecule has 0 aliphatic rings. The summed E-state index contributed by atoms with van der Waals surface area (Å²) >= 11 is 0. The topological polar surface area (TPSA) is 96.9 Å². The Morgan fingerprint density at radius 3 is 2.33 bits per heavy atom. The summed E-state index contributed by atoms with van der Waals surface area (Å²) in [4.78, 5) is 23.0. The highest BCUT2D eigenvalue weighted by Gasteiger charge is 2.17. The number of carbonyl (C=O) groups is 2. The van der Waals surface area contributed by atoms with Crippen molar-refractivity contribution in [1.82, 2.24) is 5.32 Å². The van der Waals surface area contributed by atoms with E-state index < -0.39 is 12.0 Å². The van der Waals surface area contributed by atoms with Gasteiger partial charge in [-0.1, -0.05) is 13.3 Å². The second-order valence-corrected chi connectivity index (χ2v) is 4.29. The molecule has 0 saturated heterocycles. The van der Waals surface area contributed by atoms with Crippen molar-refractivity contribution in [2.45, 2.75) is 19.8 Å². The van der Waals surface area contributed by atoms with Crippen LogP contribution in [0.5, 0.6) is 11.5 Å². The average Bonchev–Trinajstić information content (AvgIpc) is 2.46. The van der Waals surface area contributed by atoms with Crippen LogP contribution in [0.2, 0.25) is 0 Å². The van der Waals surface area contributed by atoms with Crippen LogP contribution in [0.25, 0.3) is 0 Å². The van der Waals surface area contributed by atoms with E-state index in [2.05, 4.69) is 10.6 Å². The highest BCUT2D eigenvalue weighted by molar-refractivity contribution is 6.01. The lowest BCUT2D eigenvalue weighted by atomic mass is 10.1. The zero-order chi connectivity index (χ0) is 15.8. The van der Waals surface area contributed by atoms with Crippen LogP contribution in [0, 0.1) is 0 Å². The highest BCUT2D eigenvalue weighted by Crippen LogP contribution is 2.33. The molecule has 0 unspecified atom stereocenters. The van der Waals surface area contributed by atoms with Gasteiger partial charge in [-0.05, 0) is 6.42 Å². The summed E-state index contributed by atoms with van der Waals surface area (Å²) in [6.07, 6.45) is 1.81. The highest BCUT2D eigenvalue weighted by atomic mass is 16.5. The molecule has 7 heteroatoms. The van der Waals surface area contributed by atoms with Gasteiger partial charge in [-0.2, -0.15) is 0 Å². The van der Waals surface area contributed by atoms with Crippen LogP contribution in [0.4, 0.5) is 10.5 Å². The zero-order valence-corrected chi connectivity index (χ0v) is 12.4. The molecule has 3 N–H and O–H groups in total. The van der Waals surface area contributed by atoms with Crippen molar-refractivity contribution in [3.63, 3.8) is 0 Å². The number of carbonyl (C=O) groups excluding carboxylic acids is 1. The number of carboxylic acids is 1. The van der Waals surface area contributed by atoms with Crippen LogP contribution in [0.15, 0.2) is 12.1 Å². The van der Waals surface area contributed by atoms with Crippen LogP contribution in [0.3, 0.4) is 0 Å². The van der Waals surface area contributed by atoms with E-state index in [1.807, 2.05) is 6.92 Å². The normalized spacial score (nSPS) is 9.86. The number of anilines is 1. The SMILES string of the molecule is CCCCNC(=O)Nc1cc(OC)c(OC)cc1C(=O)O. The third-order valence-electron chi connectivity index (χ3n) is 2.82. The summed E-state index contributed by atoms with van der Waals surface area (Å²) in [5.74, 6) is -0.544. The molecule has 0 atom stereocenters. The van der Waals surface area contributed by atoms with Gasteiger partial charge in [-0.15, -0.1) is 0 Å². The number of hydrogen-bond acceptors (Lipinski definition) is 4. The Hall–Kier alpha value is -2.44. The van der Waals surface area contributed by atoms with E-state index >= 15 is 0 Å². The molecule has 1 aromatic carbocycles. The van der Waals surface area contributed by atoms with Gasteiger partial charge in [0.05, 0.1) is 25.5 Å². The van der Waals surface area contributed by atoms with Gasteiger partial charge >= 0.3 is 12.0 Å². The monoisotopic (exact) mass is 296 g/mol. The quantitative estimate of drug-likeness (QED) is 0.671. The van der Waals surface area contributed by atoms with E-state index in [9.17, 15) is 14.7 Å². The van der Waals surface area contributed by atoms with E-state index in [4.69, 9.17) is 9.47 Å². The minimum Gasteiger partial charge on any atom is -0.493 e. The molecule has 116 valence electrons. The van der Waals surface area contributed by atoms with E-state index in [0.29, 0.717) is 12.3 Å². The second kappa shape index (κ2) is 7.98. The number of nitrogens with one attached hydrogen (secondary N) is 2. The number of benzene rings is 1.